The number of nitrogens with one attached hydrogen (secondary N) is 1. The van der Waals surface area contributed by atoms with Crippen LogP contribution in [0.3, 0.4) is 0 Å². The number of carbonyl (C=O) groups is 1. The molecule has 1 aromatic carbocycles. The van der Waals surface area contributed by atoms with Crippen LogP contribution in [0.15, 0.2) is 63.6 Å². The molecule has 0 atom stereocenters. The number of benzene rings is 1. The van der Waals surface area contributed by atoms with Crippen LogP contribution in [0, 0.1) is 0 Å². The molecule has 1 heterocycles. The number of hydrazone groups is 1. The number of allylic oxidation sites excluding steroid dienone is 2. The van der Waals surface area contributed by atoms with Gasteiger partial charge in [0.1, 0.15) is 18.1 Å². The number of ether oxygens (including phenoxy) is 1. The van der Waals surface area contributed by atoms with E-state index in [-0.39, 0.29) is 18.3 Å². The molecule has 0 saturated heterocycles. The fraction of sp³-hybridized carbons (Fsp3) is 0.222. The third kappa shape index (κ3) is 4.10. The number of amides is 1. The SMILES string of the molecule is CC1=CC(=NNC(=O)c2ccc(COc3ccccc3)o2)CC1. The molecule has 0 bridgehead atoms. The van der Waals surface area contributed by atoms with Crippen molar-refractivity contribution in [3.05, 3.63) is 65.6 Å². The molecule has 5 nitrogen and oxygen atoms in total. The highest BCUT2D eigenvalue weighted by atomic mass is 16.5. The smallest absolute Gasteiger partial charge is 0.307 e. The fourth-order valence-corrected chi connectivity index (χ4v) is 2.27. The van der Waals surface area contributed by atoms with Gasteiger partial charge in [0, 0.05) is 0 Å². The molecule has 0 radical (unpaired) electrons. The molecule has 118 valence electrons. The van der Waals surface area contributed by atoms with Crippen molar-refractivity contribution in [2.75, 3.05) is 0 Å². The molecule has 1 aliphatic carbocycles. The van der Waals surface area contributed by atoms with Gasteiger partial charge >= 0.3 is 5.91 Å². The van der Waals surface area contributed by atoms with Gasteiger partial charge in [-0.05, 0) is 50.1 Å². The van der Waals surface area contributed by atoms with Crippen LogP contribution in [-0.2, 0) is 6.61 Å². The maximum Gasteiger partial charge on any atom is 0.307 e. The molecule has 23 heavy (non-hydrogen) atoms. The average molecular weight is 310 g/mol. The lowest BCUT2D eigenvalue weighted by atomic mass is 10.3. The first-order chi connectivity index (χ1) is 11.2. The third-order valence-corrected chi connectivity index (χ3v) is 3.50. The number of nitrogens with zero attached hydrogens (tertiary/aromatic N) is 1. The van der Waals surface area contributed by atoms with Crippen LogP contribution in [0.25, 0.3) is 0 Å². The van der Waals surface area contributed by atoms with E-state index in [4.69, 9.17) is 9.15 Å². The van der Waals surface area contributed by atoms with Crippen LogP contribution in [0.1, 0.15) is 36.1 Å². The van der Waals surface area contributed by atoms with Crippen molar-refractivity contribution in [3.63, 3.8) is 0 Å². The lowest BCUT2D eigenvalue weighted by molar-refractivity contribution is 0.0923. The van der Waals surface area contributed by atoms with Gasteiger partial charge in [0.2, 0.25) is 0 Å². The highest BCUT2D eigenvalue weighted by Gasteiger charge is 2.12. The van der Waals surface area contributed by atoms with E-state index in [0.29, 0.717) is 5.76 Å². The summed E-state index contributed by atoms with van der Waals surface area (Å²) in [7, 11) is 0. The number of rotatable bonds is 5. The first-order valence-electron chi connectivity index (χ1n) is 7.51. The molecule has 1 N–H and O–H groups in total. The van der Waals surface area contributed by atoms with Crippen LogP contribution < -0.4 is 10.2 Å². The molecule has 0 saturated carbocycles. The number of carbonyl (C=O) groups excluding carboxylic acids is 1. The summed E-state index contributed by atoms with van der Waals surface area (Å²) < 4.78 is 11.1. The molecule has 0 fully saturated rings. The molecular weight excluding hydrogens is 292 g/mol. The summed E-state index contributed by atoms with van der Waals surface area (Å²) in [6, 6.07) is 12.8. The third-order valence-electron chi connectivity index (χ3n) is 3.50. The molecule has 0 spiro atoms. The summed E-state index contributed by atoms with van der Waals surface area (Å²) in [5.74, 6) is 1.20. The summed E-state index contributed by atoms with van der Waals surface area (Å²) in [6.45, 7) is 2.32. The van der Waals surface area contributed by atoms with Crippen molar-refractivity contribution >= 4 is 11.6 Å². The topological polar surface area (TPSA) is 63.8 Å². The first kappa shape index (κ1) is 15.1. The second-order valence-electron chi connectivity index (χ2n) is 5.40. The lowest BCUT2D eigenvalue weighted by Crippen LogP contribution is -2.18. The lowest BCUT2D eigenvalue weighted by Gasteiger charge is -2.03. The zero-order chi connectivity index (χ0) is 16.1. The minimum absolute atomic E-state index is 0.222. The number of furan rings is 1. The van der Waals surface area contributed by atoms with Crippen molar-refractivity contribution in [3.8, 4) is 5.75 Å². The summed E-state index contributed by atoms with van der Waals surface area (Å²) in [4.78, 5) is 12.0. The summed E-state index contributed by atoms with van der Waals surface area (Å²) >= 11 is 0. The van der Waals surface area contributed by atoms with Gasteiger partial charge in [0.15, 0.2) is 5.76 Å². The standard InChI is InChI=1S/C18H18N2O3/c1-13-7-8-14(11-13)19-20-18(21)17-10-9-16(23-17)12-22-15-5-3-2-4-6-15/h2-6,9-11H,7-8,12H2,1H3,(H,20,21). The van der Waals surface area contributed by atoms with Crippen LogP contribution in [0.5, 0.6) is 5.75 Å². The van der Waals surface area contributed by atoms with E-state index >= 15 is 0 Å². The van der Waals surface area contributed by atoms with Gasteiger partial charge < -0.3 is 9.15 Å². The molecule has 0 unspecified atom stereocenters. The molecule has 5 heteroatoms. The normalized spacial score (nSPS) is 15.5. The van der Waals surface area contributed by atoms with Gasteiger partial charge in [-0.3, -0.25) is 4.79 Å². The van der Waals surface area contributed by atoms with Gasteiger partial charge in [-0.15, -0.1) is 0 Å². The quantitative estimate of drug-likeness (QED) is 0.857. The summed E-state index contributed by atoms with van der Waals surface area (Å²) in [5.41, 5.74) is 4.68. The predicted octanol–water partition coefficient (Wildman–Crippen LogP) is 3.68. The first-order valence-corrected chi connectivity index (χ1v) is 7.51. The monoisotopic (exact) mass is 310 g/mol. The Morgan fingerprint density at radius 2 is 2.04 bits per heavy atom. The van der Waals surface area contributed by atoms with Crippen molar-refractivity contribution in [1.29, 1.82) is 0 Å². The number of hydrogen-bond donors (Lipinski definition) is 1. The van der Waals surface area contributed by atoms with Gasteiger partial charge in [0.25, 0.3) is 0 Å². The average Bonchev–Trinajstić information content (AvgIpc) is 3.21. The van der Waals surface area contributed by atoms with Crippen LogP contribution in [-0.4, -0.2) is 11.6 Å². The van der Waals surface area contributed by atoms with E-state index in [0.717, 1.165) is 24.3 Å². The maximum absolute atomic E-state index is 12.0. The van der Waals surface area contributed by atoms with Gasteiger partial charge in [-0.2, -0.15) is 5.10 Å². The van der Waals surface area contributed by atoms with Crippen LogP contribution in [0.2, 0.25) is 0 Å². The molecule has 1 aromatic heterocycles. The minimum atomic E-state index is -0.360. The molecule has 0 aliphatic heterocycles. The van der Waals surface area contributed by atoms with Gasteiger partial charge in [-0.1, -0.05) is 23.8 Å². The molecular formula is C18H18N2O3. The van der Waals surface area contributed by atoms with Gasteiger partial charge in [0.05, 0.1) is 5.71 Å². The zero-order valence-corrected chi connectivity index (χ0v) is 12.9. The van der Waals surface area contributed by atoms with Crippen molar-refractivity contribution in [2.45, 2.75) is 26.4 Å². The van der Waals surface area contributed by atoms with E-state index in [2.05, 4.69) is 17.5 Å². The predicted molar refractivity (Wildman–Crippen MR) is 87.4 cm³/mol. The van der Waals surface area contributed by atoms with E-state index < -0.39 is 0 Å². The highest BCUT2D eigenvalue weighted by Crippen LogP contribution is 2.15. The fourth-order valence-electron chi connectivity index (χ4n) is 2.27. The van der Waals surface area contributed by atoms with Crippen molar-refractivity contribution in [2.24, 2.45) is 5.10 Å². The molecule has 2 aromatic rings. The largest absolute Gasteiger partial charge is 0.486 e. The summed E-state index contributed by atoms with van der Waals surface area (Å²) in [5, 5.41) is 4.10. The Morgan fingerprint density at radius 1 is 1.22 bits per heavy atom. The zero-order valence-electron chi connectivity index (χ0n) is 12.9. The van der Waals surface area contributed by atoms with Gasteiger partial charge in [-0.25, -0.2) is 5.43 Å². The summed E-state index contributed by atoms with van der Waals surface area (Å²) in [6.07, 6.45) is 3.85. The van der Waals surface area contributed by atoms with Crippen molar-refractivity contribution in [1.82, 2.24) is 5.43 Å². The second-order valence-corrected chi connectivity index (χ2v) is 5.40. The van der Waals surface area contributed by atoms with Crippen molar-refractivity contribution < 1.29 is 13.9 Å². The Hall–Kier alpha value is -2.82. The second kappa shape index (κ2) is 6.96. The Kier molecular flexibility index (Phi) is 4.57. The number of para-hydroxylation sites is 1. The Morgan fingerprint density at radius 3 is 2.78 bits per heavy atom. The molecule has 1 aliphatic rings. The Labute approximate surface area is 134 Å². The Balaban J connectivity index is 1.55. The van der Waals surface area contributed by atoms with E-state index in [1.165, 1.54) is 5.57 Å². The van der Waals surface area contributed by atoms with E-state index in [9.17, 15) is 4.79 Å². The Bertz CT molecular complexity index is 745. The van der Waals surface area contributed by atoms with Crippen LogP contribution >= 0.6 is 0 Å². The maximum atomic E-state index is 12.0. The number of hydrogen-bond acceptors (Lipinski definition) is 4. The highest BCUT2D eigenvalue weighted by molar-refractivity contribution is 5.99. The minimum Gasteiger partial charge on any atom is -0.486 e. The molecule has 1 amide bonds. The van der Waals surface area contributed by atoms with Crippen LogP contribution in [0.4, 0.5) is 0 Å². The molecule has 3 rings (SSSR count). The van der Waals surface area contributed by atoms with E-state index in [1.54, 1.807) is 12.1 Å². The van der Waals surface area contributed by atoms with E-state index in [1.807, 2.05) is 36.4 Å².